The van der Waals surface area contributed by atoms with Crippen molar-refractivity contribution >= 4 is 16.8 Å². The molecule has 38 heavy (non-hydrogen) atoms. The maximum atomic E-state index is 14.1. The lowest BCUT2D eigenvalue weighted by Gasteiger charge is -2.35. The van der Waals surface area contributed by atoms with Gasteiger partial charge in [0.05, 0.1) is 5.92 Å². The minimum atomic E-state index is -0.239. The van der Waals surface area contributed by atoms with Crippen LogP contribution in [-0.4, -0.2) is 39.1 Å². The van der Waals surface area contributed by atoms with E-state index in [0.717, 1.165) is 53.4 Å². The number of amides is 1. The van der Waals surface area contributed by atoms with Crippen LogP contribution in [0.3, 0.4) is 0 Å². The Balaban J connectivity index is 1.30. The third kappa shape index (κ3) is 4.90. The molecule has 4 aromatic rings. The van der Waals surface area contributed by atoms with Crippen molar-refractivity contribution in [3.05, 3.63) is 106 Å². The van der Waals surface area contributed by atoms with Gasteiger partial charge in [-0.3, -0.25) is 9.59 Å². The van der Waals surface area contributed by atoms with Crippen molar-refractivity contribution in [3.63, 3.8) is 0 Å². The normalized spacial score (nSPS) is 19.5. The fraction of sp³-hybridized carbons (Fsp3) is 0.355. The molecule has 1 N–H and O–H groups in total. The molecule has 2 aromatic carbocycles. The Morgan fingerprint density at radius 2 is 1.87 bits per heavy atom. The van der Waals surface area contributed by atoms with Gasteiger partial charge in [-0.2, -0.15) is 0 Å². The fourth-order valence-corrected chi connectivity index (χ4v) is 5.85. The highest BCUT2D eigenvalue weighted by molar-refractivity contribution is 5.86. The van der Waals surface area contributed by atoms with Gasteiger partial charge < -0.3 is 19.4 Å². The summed E-state index contributed by atoms with van der Waals surface area (Å²) in [7, 11) is 1.75. The molecule has 0 radical (unpaired) electrons. The van der Waals surface area contributed by atoms with Crippen molar-refractivity contribution < 1.29 is 9.18 Å². The molecule has 3 heterocycles. The molecule has 1 amide bonds. The van der Waals surface area contributed by atoms with Gasteiger partial charge in [0.15, 0.2) is 0 Å². The van der Waals surface area contributed by atoms with E-state index in [2.05, 4.69) is 33.1 Å². The molecular formula is C31H33FN4O2. The van der Waals surface area contributed by atoms with Crippen molar-refractivity contribution in [1.29, 1.82) is 0 Å². The van der Waals surface area contributed by atoms with Crippen LogP contribution in [0.1, 0.15) is 41.9 Å². The number of pyridine rings is 1. The van der Waals surface area contributed by atoms with E-state index in [1.807, 2.05) is 30.3 Å². The molecular weight excluding hydrogens is 479 g/mol. The number of hydrogen-bond donors (Lipinski definition) is 1. The number of aromatic nitrogens is 2. The van der Waals surface area contributed by atoms with Crippen LogP contribution in [0.4, 0.5) is 4.39 Å². The van der Waals surface area contributed by atoms with Gasteiger partial charge in [-0.05, 0) is 72.7 Å². The van der Waals surface area contributed by atoms with E-state index >= 15 is 0 Å². The molecule has 2 aromatic heterocycles. The van der Waals surface area contributed by atoms with Gasteiger partial charge in [0.2, 0.25) is 5.91 Å². The monoisotopic (exact) mass is 512 g/mol. The highest BCUT2D eigenvalue weighted by Gasteiger charge is 2.40. The Labute approximate surface area is 221 Å². The second kappa shape index (κ2) is 10.2. The van der Waals surface area contributed by atoms with E-state index in [4.69, 9.17) is 0 Å². The quantitative estimate of drug-likeness (QED) is 0.399. The molecule has 1 aliphatic heterocycles. The van der Waals surface area contributed by atoms with Crippen LogP contribution in [-0.2, 0) is 24.9 Å². The lowest BCUT2D eigenvalue weighted by Crippen LogP contribution is -2.47. The summed E-state index contributed by atoms with van der Waals surface area (Å²) in [5.74, 6) is -0.250. The van der Waals surface area contributed by atoms with E-state index in [9.17, 15) is 14.0 Å². The number of fused-ring (bicyclic) bond motifs is 1. The second-order valence-corrected chi connectivity index (χ2v) is 10.7. The van der Waals surface area contributed by atoms with Crippen LogP contribution in [0.2, 0.25) is 0 Å². The number of nitrogens with zero attached hydrogens (tertiary/aromatic N) is 3. The molecule has 1 saturated heterocycles. The zero-order chi connectivity index (χ0) is 26.2. The minimum absolute atomic E-state index is 0.0266. The lowest BCUT2D eigenvalue weighted by atomic mass is 9.80. The largest absolute Gasteiger partial charge is 0.343 e. The van der Waals surface area contributed by atoms with Crippen molar-refractivity contribution in [1.82, 2.24) is 19.4 Å². The molecule has 0 unspecified atom stereocenters. The molecule has 1 aliphatic carbocycles. The topological polar surface area (TPSA) is 59.3 Å². The predicted octanol–water partition coefficient (Wildman–Crippen LogP) is 4.41. The van der Waals surface area contributed by atoms with Crippen LogP contribution in [0.5, 0.6) is 0 Å². The SMILES string of the molecule is Cn1ccc([C@@H]2CCNC[C@H]2C(=O)N(Cc2cn(Cc3ccc(F)cc3)c3ccccc23)C2CC2)cc1=O. The van der Waals surface area contributed by atoms with Crippen LogP contribution < -0.4 is 10.9 Å². The van der Waals surface area contributed by atoms with Gasteiger partial charge in [0.25, 0.3) is 5.56 Å². The first kappa shape index (κ1) is 24.6. The average Bonchev–Trinajstić information content (AvgIpc) is 3.73. The van der Waals surface area contributed by atoms with Crippen LogP contribution in [0.25, 0.3) is 10.9 Å². The summed E-state index contributed by atoms with van der Waals surface area (Å²) in [5, 5.41) is 4.56. The fourth-order valence-electron chi connectivity index (χ4n) is 5.85. The zero-order valence-electron chi connectivity index (χ0n) is 21.6. The molecule has 2 atom stereocenters. The Hall–Kier alpha value is -3.71. The van der Waals surface area contributed by atoms with Crippen LogP contribution in [0.15, 0.2) is 77.9 Å². The van der Waals surface area contributed by atoms with Gasteiger partial charge in [0, 0.05) is 62.1 Å². The molecule has 196 valence electrons. The summed E-state index contributed by atoms with van der Waals surface area (Å²) >= 11 is 0. The highest BCUT2D eigenvalue weighted by Crippen LogP contribution is 2.36. The van der Waals surface area contributed by atoms with E-state index in [-0.39, 0.29) is 35.2 Å². The first-order chi connectivity index (χ1) is 18.5. The molecule has 0 bridgehead atoms. The maximum Gasteiger partial charge on any atom is 0.250 e. The Bertz CT molecular complexity index is 1520. The summed E-state index contributed by atoms with van der Waals surface area (Å²) in [6.45, 7) is 2.65. The molecule has 7 heteroatoms. The smallest absolute Gasteiger partial charge is 0.250 e. The first-order valence-corrected chi connectivity index (χ1v) is 13.5. The summed E-state index contributed by atoms with van der Waals surface area (Å²) < 4.78 is 17.2. The molecule has 0 spiro atoms. The van der Waals surface area contributed by atoms with Gasteiger partial charge >= 0.3 is 0 Å². The molecule has 2 aliphatic rings. The summed E-state index contributed by atoms with van der Waals surface area (Å²) in [6.07, 6.45) is 6.83. The number of rotatable bonds is 7. The van der Waals surface area contributed by atoms with E-state index in [1.165, 1.54) is 12.1 Å². The first-order valence-electron chi connectivity index (χ1n) is 13.5. The molecule has 2 fully saturated rings. The Morgan fingerprint density at radius 1 is 1.08 bits per heavy atom. The van der Waals surface area contributed by atoms with E-state index in [1.54, 1.807) is 23.9 Å². The Kier molecular flexibility index (Phi) is 6.62. The summed E-state index contributed by atoms with van der Waals surface area (Å²) in [6, 6.07) is 18.8. The maximum absolute atomic E-state index is 14.1. The number of piperidine rings is 1. The van der Waals surface area contributed by atoms with E-state index < -0.39 is 0 Å². The Morgan fingerprint density at radius 3 is 2.63 bits per heavy atom. The number of carbonyl (C=O) groups excluding carboxylic acids is 1. The molecule has 6 nitrogen and oxygen atoms in total. The highest BCUT2D eigenvalue weighted by atomic mass is 19.1. The number of nitrogens with one attached hydrogen (secondary N) is 1. The number of halogens is 1. The summed E-state index contributed by atoms with van der Waals surface area (Å²) in [5.41, 5.74) is 4.17. The van der Waals surface area contributed by atoms with Crippen LogP contribution in [0, 0.1) is 11.7 Å². The zero-order valence-corrected chi connectivity index (χ0v) is 21.6. The third-order valence-electron chi connectivity index (χ3n) is 8.10. The van der Waals surface area contributed by atoms with Crippen molar-refractivity contribution in [2.75, 3.05) is 13.1 Å². The predicted molar refractivity (Wildman–Crippen MR) is 146 cm³/mol. The van der Waals surface area contributed by atoms with Crippen molar-refractivity contribution in [2.24, 2.45) is 13.0 Å². The van der Waals surface area contributed by atoms with Gasteiger partial charge in [0.1, 0.15) is 5.82 Å². The second-order valence-electron chi connectivity index (χ2n) is 10.7. The van der Waals surface area contributed by atoms with E-state index in [0.29, 0.717) is 19.6 Å². The number of carbonyl (C=O) groups is 1. The number of benzene rings is 2. The van der Waals surface area contributed by atoms with Crippen LogP contribution >= 0.6 is 0 Å². The van der Waals surface area contributed by atoms with Crippen molar-refractivity contribution in [3.8, 4) is 0 Å². The van der Waals surface area contributed by atoms with Crippen molar-refractivity contribution in [2.45, 2.75) is 44.3 Å². The standard InChI is InChI=1S/C31H33FN4O2/c1-34-15-13-22(16-30(34)37)26-12-14-33-17-28(26)31(38)36(25-10-11-25)20-23-19-35(29-5-3-2-4-27(23)29)18-21-6-8-24(32)9-7-21/h2-9,13,15-16,19,25-26,28,33H,10-12,14,17-18,20H2,1H3/t26-,28+/m0/s1. The molecule has 1 saturated carbocycles. The third-order valence-corrected chi connectivity index (χ3v) is 8.10. The average molecular weight is 513 g/mol. The van der Waals surface area contributed by atoms with Gasteiger partial charge in [-0.1, -0.05) is 30.3 Å². The van der Waals surface area contributed by atoms with Gasteiger partial charge in [-0.25, -0.2) is 4.39 Å². The number of aryl methyl sites for hydroxylation is 1. The molecule has 6 rings (SSSR count). The summed E-state index contributed by atoms with van der Waals surface area (Å²) in [4.78, 5) is 28.6. The lowest BCUT2D eigenvalue weighted by molar-refractivity contribution is -0.138. The minimum Gasteiger partial charge on any atom is -0.343 e. The number of hydrogen-bond acceptors (Lipinski definition) is 3. The van der Waals surface area contributed by atoms with Gasteiger partial charge in [-0.15, -0.1) is 0 Å². The number of para-hydroxylation sites is 1.